The summed E-state index contributed by atoms with van der Waals surface area (Å²) in [7, 11) is 0. The van der Waals surface area contributed by atoms with Crippen molar-refractivity contribution in [3.8, 4) is 0 Å². The number of hydrogen-bond acceptors (Lipinski definition) is 1. The molecule has 0 heterocycles. The molecule has 0 radical (unpaired) electrons. The predicted molar refractivity (Wildman–Crippen MR) is 79.1 cm³/mol. The van der Waals surface area contributed by atoms with E-state index in [1.54, 1.807) is 0 Å². The minimum Gasteiger partial charge on any atom is -0.356 e. The van der Waals surface area contributed by atoms with Crippen molar-refractivity contribution in [3.63, 3.8) is 0 Å². The molecule has 2 heteroatoms. The third-order valence-corrected chi connectivity index (χ3v) is 4.05. The second-order valence-corrected chi connectivity index (χ2v) is 5.79. The smallest absolute Gasteiger partial charge is 0.220 e. The molecular formula is C17H25NO. The molecule has 1 N–H and O–H groups in total. The summed E-state index contributed by atoms with van der Waals surface area (Å²) in [6, 6.07) is 8.59. The maximum absolute atomic E-state index is 11.7. The summed E-state index contributed by atoms with van der Waals surface area (Å²) in [5, 5.41) is 3.08. The lowest BCUT2D eigenvalue weighted by Gasteiger charge is -2.10. The molecule has 1 saturated carbocycles. The quantitative estimate of drug-likeness (QED) is 0.830. The number of amides is 1. The van der Waals surface area contributed by atoms with Crippen LogP contribution in [0.5, 0.6) is 0 Å². The Balaban J connectivity index is 1.59. The van der Waals surface area contributed by atoms with Gasteiger partial charge < -0.3 is 5.32 Å². The van der Waals surface area contributed by atoms with Gasteiger partial charge in [-0.3, -0.25) is 4.79 Å². The second-order valence-electron chi connectivity index (χ2n) is 5.79. The fraction of sp³-hybridized carbons (Fsp3) is 0.588. The molecule has 1 aromatic carbocycles. The Morgan fingerprint density at radius 1 is 1.21 bits per heavy atom. The molecule has 1 aliphatic carbocycles. The van der Waals surface area contributed by atoms with Crippen LogP contribution in [0.4, 0.5) is 0 Å². The van der Waals surface area contributed by atoms with Gasteiger partial charge in [0.15, 0.2) is 0 Å². The van der Waals surface area contributed by atoms with Crippen molar-refractivity contribution in [2.24, 2.45) is 5.92 Å². The molecule has 1 aromatic rings. The minimum absolute atomic E-state index is 0.221. The van der Waals surface area contributed by atoms with E-state index in [0.717, 1.165) is 25.3 Å². The number of hydrogen-bond donors (Lipinski definition) is 1. The van der Waals surface area contributed by atoms with E-state index in [-0.39, 0.29) is 5.91 Å². The fourth-order valence-corrected chi connectivity index (χ4v) is 2.77. The Hall–Kier alpha value is -1.31. The van der Waals surface area contributed by atoms with Crippen molar-refractivity contribution in [2.45, 2.75) is 51.9 Å². The Morgan fingerprint density at radius 3 is 2.58 bits per heavy atom. The van der Waals surface area contributed by atoms with E-state index in [1.807, 2.05) is 0 Å². The molecular weight excluding hydrogens is 234 g/mol. The van der Waals surface area contributed by atoms with Crippen LogP contribution in [-0.2, 0) is 11.2 Å². The first-order valence-electron chi connectivity index (χ1n) is 7.56. The van der Waals surface area contributed by atoms with Crippen LogP contribution >= 0.6 is 0 Å². The second kappa shape index (κ2) is 7.32. The molecule has 0 atom stereocenters. The first-order chi connectivity index (χ1) is 9.24. The van der Waals surface area contributed by atoms with Gasteiger partial charge in [0.2, 0.25) is 5.91 Å². The third-order valence-electron chi connectivity index (χ3n) is 4.05. The summed E-state index contributed by atoms with van der Waals surface area (Å²) in [5.74, 6) is 0.958. The third kappa shape index (κ3) is 5.06. The topological polar surface area (TPSA) is 29.1 Å². The SMILES string of the molecule is Cc1ccc(CCCC(=O)NCC2CCCC2)cc1. The van der Waals surface area contributed by atoms with E-state index in [9.17, 15) is 4.79 Å². The van der Waals surface area contributed by atoms with Gasteiger partial charge in [-0.15, -0.1) is 0 Å². The monoisotopic (exact) mass is 259 g/mol. The normalized spacial score (nSPS) is 15.6. The van der Waals surface area contributed by atoms with Gasteiger partial charge in [-0.05, 0) is 44.1 Å². The van der Waals surface area contributed by atoms with Crippen molar-refractivity contribution in [2.75, 3.05) is 6.54 Å². The van der Waals surface area contributed by atoms with Crippen LogP contribution in [0.3, 0.4) is 0 Å². The molecule has 104 valence electrons. The first kappa shape index (κ1) is 14.1. The zero-order chi connectivity index (χ0) is 13.5. The van der Waals surface area contributed by atoms with Gasteiger partial charge in [-0.25, -0.2) is 0 Å². The lowest BCUT2D eigenvalue weighted by molar-refractivity contribution is -0.121. The van der Waals surface area contributed by atoms with Gasteiger partial charge in [0.05, 0.1) is 0 Å². The molecule has 0 aliphatic heterocycles. The van der Waals surface area contributed by atoms with E-state index in [4.69, 9.17) is 0 Å². The Morgan fingerprint density at radius 2 is 1.89 bits per heavy atom. The molecule has 2 nitrogen and oxygen atoms in total. The van der Waals surface area contributed by atoms with Crippen LogP contribution in [0.2, 0.25) is 0 Å². The van der Waals surface area contributed by atoms with Crippen LogP contribution in [0.1, 0.15) is 49.7 Å². The van der Waals surface area contributed by atoms with Crippen molar-refractivity contribution in [1.29, 1.82) is 0 Å². The van der Waals surface area contributed by atoms with Crippen LogP contribution in [0.15, 0.2) is 24.3 Å². The molecule has 0 spiro atoms. The number of nitrogens with one attached hydrogen (secondary N) is 1. The highest BCUT2D eigenvalue weighted by Gasteiger charge is 2.15. The maximum atomic E-state index is 11.7. The van der Waals surface area contributed by atoms with Crippen molar-refractivity contribution in [1.82, 2.24) is 5.32 Å². The number of benzene rings is 1. The van der Waals surface area contributed by atoms with Crippen LogP contribution in [-0.4, -0.2) is 12.5 Å². The first-order valence-corrected chi connectivity index (χ1v) is 7.56. The van der Waals surface area contributed by atoms with Crippen molar-refractivity contribution >= 4 is 5.91 Å². The molecule has 1 fully saturated rings. The largest absolute Gasteiger partial charge is 0.356 e. The summed E-state index contributed by atoms with van der Waals surface area (Å²) in [5.41, 5.74) is 2.62. The van der Waals surface area contributed by atoms with Crippen LogP contribution in [0, 0.1) is 12.8 Å². The Bertz CT molecular complexity index is 390. The summed E-state index contributed by atoms with van der Waals surface area (Å²) in [4.78, 5) is 11.7. The minimum atomic E-state index is 0.221. The summed E-state index contributed by atoms with van der Waals surface area (Å²) < 4.78 is 0. The number of carbonyl (C=O) groups is 1. The highest BCUT2D eigenvalue weighted by molar-refractivity contribution is 5.75. The summed E-state index contributed by atoms with van der Waals surface area (Å²) in [6.45, 7) is 2.99. The molecule has 1 aliphatic rings. The van der Waals surface area contributed by atoms with Crippen LogP contribution in [0.25, 0.3) is 0 Å². The molecule has 19 heavy (non-hydrogen) atoms. The van der Waals surface area contributed by atoms with Gasteiger partial charge in [0.25, 0.3) is 0 Å². The maximum Gasteiger partial charge on any atom is 0.220 e. The van der Waals surface area contributed by atoms with E-state index in [2.05, 4.69) is 36.5 Å². The van der Waals surface area contributed by atoms with E-state index >= 15 is 0 Å². The molecule has 2 rings (SSSR count). The zero-order valence-electron chi connectivity index (χ0n) is 12.0. The van der Waals surface area contributed by atoms with Crippen molar-refractivity contribution in [3.05, 3.63) is 35.4 Å². The number of aryl methyl sites for hydroxylation is 2. The standard InChI is InChI=1S/C17H25NO/c1-14-9-11-15(12-10-14)7-4-8-17(19)18-13-16-5-2-3-6-16/h9-12,16H,2-8,13H2,1H3,(H,18,19). The average Bonchev–Trinajstić information content (AvgIpc) is 2.92. The van der Waals surface area contributed by atoms with Gasteiger partial charge >= 0.3 is 0 Å². The Kier molecular flexibility index (Phi) is 5.44. The van der Waals surface area contributed by atoms with Crippen LogP contribution < -0.4 is 5.32 Å². The van der Waals surface area contributed by atoms with E-state index in [1.165, 1.54) is 36.8 Å². The summed E-state index contributed by atoms with van der Waals surface area (Å²) in [6.07, 6.45) is 7.87. The number of carbonyl (C=O) groups excluding carboxylic acids is 1. The molecule has 0 aromatic heterocycles. The molecule has 0 bridgehead atoms. The van der Waals surface area contributed by atoms with E-state index < -0.39 is 0 Å². The lowest BCUT2D eigenvalue weighted by atomic mass is 10.1. The van der Waals surface area contributed by atoms with Gasteiger partial charge in [0, 0.05) is 13.0 Å². The highest BCUT2D eigenvalue weighted by Crippen LogP contribution is 2.23. The molecule has 1 amide bonds. The van der Waals surface area contributed by atoms with Gasteiger partial charge in [-0.1, -0.05) is 42.7 Å². The van der Waals surface area contributed by atoms with Gasteiger partial charge in [0.1, 0.15) is 0 Å². The van der Waals surface area contributed by atoms with Crippen molar-refractivity contribution < 1.29 is 4.79 Å². The molecule has 0 saturated heterocycles. The predicted octanol–water partition coefficient (Wildman–Crippen LogP) is 3.62. The zero-order valence-corrected chi connectivity index (χ0v) is 12.0. The number of rotatable bonds is 6. The molecule has 0 unspecified atom stereocenters. The fourth-order valence-electron chi connectivity index (χ4n) is 2.77. The van der Waals surface area contributed by atoms with E-state index in [0.29, 0.717) is 6.42 Å². The summed E-state index contributed by atoms with van der Waals surface area (Å²) >= 11 is 0. The Labute approximate surface area is 116 Å². The highest BCUT2D eigenvalue weighted by atomic mass is 16.1. The lowest BCUT2D eigenvalue weighted by Crippen LogP contribution is -2.28. The van der Waals surface area contributed by atoms with Gasteiger partial charge in [-0.2, -0.15) is 0 Å². The average molecular weight is 259 g/mol.